The molecule has 0 bridgehead atoms. The average Bonchev–Trinajstić information content (AvgIpc) is 2.14. The monoisotopic (exact) mass is 223 g/mol. The Kier molecular flexibility index (Phi) is 4.21. The van der Waals surface area contributed by atoms with E-state index in [1.807, 2.05) is 0 Å². The van der Waals surface area contributed by atoms with Gasteiger partial charge < -0.3 is 4.74 Å². The molecule has 1 rings (SSSR count). The van der Waals surface area contributed by atoms with E-state index in [2.05, 4.69) is 4.98 Å². The van der Waals surface area contributed by atoms with Crippen LogP contribution in [-0.2, 0) is 4.74 Å². The van der Waals surface area contributed by atoms with Crippen LogP contribution in [0.1, 0.15) is 0 Å². The Bertz CT molecular complexity index is 322. The fourth-order valence-electron chi connectivity index (χ4n) is 0.751. The number of pyridine rings is 1. The molecular weight excluding hydrogens is 215 g/mol. The summed E-state index contributed by atoms with van der Waals surface area (Å²) in [5.41, 5.74) is 0. The van der Waals surface area contributed by atoms with Crippen molar-refractivity contribution >= 4 is 11.8 Å². The van der Waals surface area contributed by atoms with Crippen LogP contribution in [0.15, 0.2) is 11.1 Å². The fraction of sp³-hybridized carbons (Fsp3) is 0.375. The van der Waals surface area contributed by atoms with E-state index in [4.69, 9.17) is 4.74 Å². The van der Waals surface area contributed by atoms with E-state index < -0.39 is 17.6 Å². The number of halogens is 3. The summed E-state index contributed by atoms with van der Waals surface area (Å²) in [5.74, 6) is -2.99. The highest BCUT2D eigenvalue weighted by atomic mass is 32.2. The normalized spacial score (nSPS) is 10.6. The van der Waals surface area contributed by atoms with E-state index >= 15 is 0 Å². The van der Waals surface area contributed by atoms with E-state index in [1.54, 1.807) is 0 Å². The second kappa shape index (κ2) is 5.21. The molecule has 0 fully saturated rings. The number of aromatic nitrogens is 1. The third-order valence-electron chi connectivity index (χ3n) is 1.38. The molecule has 0 saturated heterocycles. The molecule has 0 N–H and O–H groups in total. The number of thioether (sulfide) groups is 1. The van der Waals surface area contributed by atoms with Crippen LogP contribution in [0.5, 0.6) is 0 Å². The Morgan fingerprint density at radius 3 is 2.71 bits per heavy atom. The van der Waals surface area contributed by atoms with Gasteiger partial charge >= 0.3 is 0 Å². The summed E-state index contributed by atoms with van der Waals surface area (Å²) in [6.07, 6.45) is 0. The topological polar surface area (TPSA) is 22.1 Å². The molecule has 0 unspecified atom stereocenters. The maximum atomic E-state index is 12.9. The number of rotatable bonds is 4. The Hall–Kier alpha value is -0.750. The number of ether oxygens (including phenoxy) is 1. The Morgan fingerprint density at radius 1 is 1.36 bits per heavy atom. The first-order valence-electron chi connectivity index (χ1n) is 3.78. The Labute approximate surface area is 83.5 Å². The number of hydrogen-bond acceptors (Lipinski definition) is 3. The summed E-state index contributed by atoms with van der Waals surface area (Å²) >= 11 is 0.977. The van der Waals surface area contributed by atoms with Crippen molar-refractivity contribution in [1.29, 1.82) is 0 Å². The third kappa shape index (κ3) is 2.88. The second-order valence-electron chi connectivity index (χ2n) is 2.39. The molecule has 0 amide bonds. The second-order valence-corrected chi connectivity index (χ2v) is 3.47. The summed E-state index contributed by atoms with van der Waals surface area (Å²) in [6, 6.07) is 0.484. The molecule has 0 saturated carbocycles. The zero-order valence-corrected chi connectivity index (χ0v) is 8.21. The van der Waals surface area contributed by atoms with E-state index in [0.29, 0.717) is 18.4 Å². The predicted octanol–water partition coefficient (Wildman–Crippen LogP) is 2.24. The number of methoxy groups -OCH3 is 1. The molecule has 1 aromatic rings. The van der Waals surface area contributed by atoms with Gasteiger partial charge in [-0.2, -0.15) is 4.39 Å². The lowest BCUT2D eigenvalue weighted by atomic mass is 10.4. The molecule has 0 spiro atoms. The molecule has 0 aliphatic rings. The molecule has 2 nitrogen and oxygen atoms in total. The molecule has 1 aromatic heterocycles. The van der Waals surface area contributed by atoms with Gasteiger partial charge in [0.15, 0.2) is 11.6 Å². The summed E-state index contributed by atoms with van der Waals surface area (Å²) in [4.78, 5) is 3.13. The van der Waals surface area contributed by atoms with Crippen LogP contribution in [0, 0.1) is 17.6 Å². The first-order valence-corrected chi connectivity index (χ1v) is 4.77. The van der Waals surface area contributed by atoms with Gasteiger partial charge in [0.05, 0.1) is 6.61 Å². The Morgan fingerprint density at radius 2 is 2.07 bits per heavy atom. The van der Waals surface area contributed by atoms with Gasteiger partial charge in [-0.25, -0.2) is 13.8 Å². The van der Waals surface area contributed by atoms with Gasteiger partial charge in [-0.1, -0.05) is 0 Å². The van der Waals surface area contributed by atoms with Crippen molar-refractivity contribution < 1.29 is 17.9 Å². The number of nitrogens with zero attached hydrogens (tertiary/aromatic N) is 1. The van der Waals surface area contributed by atoms with Gasteiger partial charge in [0, 0.05) is 18.9 Å². The number of hydrogen-bond donors (Lipinski definition) is 0. The van der Waals surface area contributed by atoms with Gasteiger partial charge in [0.1, 0.15) is 5.03 Å². The lowest BCUT2D eigenvalue weighted by Gasteiger charge is -2.02. The standard InChI is InChI=1S/C8H8F3NOS/c1-13-2-3-14-8-6(10)4-5(9)7(11)12-8/h4H,2-3H2,1H3. The van der Waals surface area contributed by atoms with Crippen LogP contribution >= 0.6 is 11.8 Å². The van der Waals surface area contributed by atoms with Crippen molar-refractivity contribution in [1.82, 2.24) is 4.98 Å². The van der Waals surface area contributed by atoms with E-state index in [-0.39, 0.29) is 5.03 Å². The van der Waals surface area contributed by atoms with Crippen molar-refractivity contribution in [2.75, 3.05) is 19.5 Å². The lowest BCUT2D eigenvalue weighted by Crippen LogP contribution is -1.98. The molecule has 14 heavy (non-hydrogen) atoms. The highest BCUT2D eigenvalue weighted by Gasteiger charge is 2.11. The van der Waals surface area contributed by atoms with Crippen molar-refractivity contribution in [3.63, 3.8) is 0 Å². The third-order valence-corrected chi connectivity index (χ3v) is 2.31. The molecule has 0 aliphatic carbocycles. The van der Waals surface area contributed by atoms with E-state index in [9.17, 15) is 13.2 Å². The lowest BCUT2D eigenvalue weighted by molar-refractivity contribution is 0.218. The van der Waals surface area contributed by atoms with E-state index in [0.717, 1.165) is 11.8 Å². The highest BCUT2D eigenvalue weighted by molar-refractivity contribution is 7.99. The molecule has 78 valence electrons. The summed E-state index contributed by atoms with van der Waals surface area (Å²) < 4.78 is 42.7. The quantitative estimate of drug-likeness (QED) is 0.444. The van der Waals surface area contributed by atoms with Crippen LogP contribution in [-0.4, -0.2) is 24.5 Å². The molecule has 6 heteroatoms. The van der Waals surface area contributed by atoms with Gasteiger partial charge in [0.25, 0.3) is 0 Å². The van der Waals surface area contributed by atoms with Crippen molar-refractivity contribution in [3.05, 3.63) is 23.6 Å². The minimum Gasteiger partial charge on any atom is -0.384 e. The SMILES string of the molecule is COCCSc1nc(F)c(F)cc1F. The van der Waals surface area contributed by atoms with Crippen molar-refractivity contribution in [2.45, 2.75) is 5.03 Å². The average molecular weight is 223 g/mol. The van der Waals surface area contributed by atoms with Crippen molar-refractivity contribution in [3.8, 4) is 0 Å². The van der Waals surface area contributed by atoms with Crippen LogP contribution in [0.25, 0.3) is 0 Å². The van der Waals surface area contributed by atoms with E-state index in [1.165, 1.54) is 7.11 Å². The maximum Gasteiger partial charge on any atom is 0.250 e. The molecule has 0 atom stereocenters. The maximum absolute atomic E-state index is 12.9. The molecular formula is C8H8F3NOS. The van der Waals surface area contributed by atoms with Gasteiger partial charge in [-0.3, -0.25) is 0 Å². The summed E-state index contributed by atoms with van der Waals surface area (Å²) in [6.45, 7) is 0.394. The van der Waals surface area contributed by atoms with Crippen molar-refractivity contribution in [2.24, 2.45) is 0 Å². The minimum absolute atomic E-state index is 0.152. The smallest absolute Gasteiger partial charge is 0.250 e. The largest absolute Gasteiger partial charge is 0.384 e. The zero-order valence-electron chi connectivity index (χ0n) is 7.39. The summed E-state index contributed by atoms with van der Waals surface area (Å²) in [5, 5.41) is -0.152. The first kappa shape index (κ1) is 11.3. The zero-order chi connectivity index (χ0) is 10.6. The van der Waals surface area contributed by atoms with Crippen LogP contribution in [0.3, 0.4) is 0 Å². The molecule has 0 aliphatic heterocycles. The van der Waals surface area contributed by atoms with Crippen LogP contribution < -0.4 is 0 Å². The van der Waals surface area contributed by atoms with Gasteiger partial charge in [-0.05, 0) is 0 Å². The first-order chi connectivity index (χ1) is 6.65. The highest BCUT2D eigenvalue weighted by Crippen LogP contribution is 2.20. The predicted molar refractivity (Wildman–Crippen MR) is 46.7 cm³/mol. The van der Waals surface area contributed by atoms with Crippen LogP contribution in [0.4, 0.5) is 13.2 Å². The summed E-state index contributed by atoms with van der Waals surface area (Å²) in [7, 11) is 1.50. The van der Waals surface area contributed by atoms with Gasteiger partial charge in [0.2, 0.25) is 5.95 Å². The van der Waals surface area contributed by atoms with Crippen LogP contribution in [0.2, 0.25) is 0 Å². The molecule has 1 heterocycles. The molecule has 0 aromatic carbocycles. The minimum atomic E-state index is -1.29. The molecule has 0 radical (unpaired) electrons. The Balaban J connectivity index is 2.72. The van der Waals surface area contributed by atoms with Gasteiger partial charge in [-0.15, -0.1) is 11.8 Å². The fourth-order valence-corrected chi connectivity index (χ4v) is 1.54.